The summed E-state index contributed by atoms with van der Waals surface area (Å²) in [6.45, 7) is 2.28. The van der Waals surface area contributed by atoms with Crippen LogP contribution < -0.4 is 11.1 Å². The molecule has 2 aromatic carbocycles. The molecule has 0 spiro atoms. The third-order valence-electron chi connectivity index (χ3n) is 3.13. The number of carbonyl (C=O) groups excluding carboxylic acids is 1. The lowest BCUT2D eigenvalue weighted by Gasteiger charge is -2.10. The van der Waals surface area contributed by atoms with Gasteiger partial charge in [-0.15, -0.1) is 0 Å². The highest BCUT2D eigenvalue weighted by Gasteiger charge is 2.11. The van der Waals surface area contributed by atoms with E-state index in [1.165, 1.54) is 6.07 Å². The Morgan fingerprint density at radius 3 is 2.80 bits per heavy atom. The van der Waals surface area contributed by atoms with E-state index in [2.05, 4.69) is 21.2 Å². The number of aromatic hydroxyl groups is 1. The first kappa shape index (κ1) is 14.4. The fourth-order valence-corrected chi connectivity index (χ4v) is 2.21. The van der Waals surface area contributed by atoms with Gasteiger partial charge in [0.2, 0.25) is 0 Å². The Morgan fingerprint density at radius 2 is 2.10 bits per heavy atom. The Labute approximate surface area is 125 Å². The predicted octanol–water partition coefficient (Wildman–Crippen LogP) is 2.98. The molecule has 4 nitrogen and oxygen atoms in total. The molecule has 0 unspecified atom stereocenters. The monoisotopic (exact) mass is 334 g/mol. The Morgan fingerprint density at radius 1 is 1.35 bits per heavy atom. The highest BCUT2D eigenvalue weighted by Crippen LogP contribution is 2.22. The summed E-state index contributed by atoms with van der Waals surface area (Å²) in [5, 5.41) is 12.5. The van der Waals surface area contributed by atoms with Crippen LogP contribution in [0.1, 0.15) is 21.5 Å². The summed E-state index contributed by atoms with van der Waals surface area (Å²) in [5.41, 5.74) is 8.67. The predicted molar refractivity (Wildman–Crippen MR) is 82.6 cm³/mol. The van der Waals surface area contributed by atoms with Gasteiger partial charge in [-0.2, -0.15) is 0 Å². The number of nitrogens with one attached hydrogen (secondary N) is 1. The summed E-state index contributed by atoms with van der Waals surface area (Å²) >= 11 is 3.23. The van der Waals surface area contributed by atoms with Gasteiger partial charge in [-0.25, -0.2) is 0 Å². The van der Waals surface area contributed by atoms with Crippen LogP contribution in [0.15, 0.2) is 40.9 Å². The van der Waals surface area contributed by atoms with E-state index in [-0.39, 0.29) is 17.2 Å². The van der Waals surface area contributed by atoms with Crippen LogP contribution in [0.25, 0.3) is 0 Å². The van der Waals surface area contributed by atoms with Gasteiger partial charge in [0.1, 0.15) is 5.75 Å². The molecule has 0 radical (unpaired) electrons. The maximum Gasteiger partial charge on any atom is 0.255 e. The molecule has 0 saturated heterocycles. The number of hydrogen-bond donors (Lipinski definition) is 3. The molecular formula is C15H15BrN2O2. The summed E-state index contributed by atoms with van der Waals surface area (Å²) in [6, 6.07) is 10.3. The lowest BCUT2D eigenvalue weighted by atomic mass is 10.1. The number of carbonyl (C=O) groups is 1. The minimum absolute atomic E-state index is 0.0545. The summed E-state index contributed by atoms with van der Waals surface area (Å²) in [4.78, 5) is 12.0. The van der Waals surface area contributed by atoms with Crippen LogP contribution in [0.3, 0.4) is 0 Å². The molecule has 0 fully saturated rings. The molecule has 20 heavy (non-hydrogen) atoms. The lowest BCUT2D eigenvalue weighted by Crippen LogP contribution is -2.23. The van der Waals surface area contributed by atoms with E-state index in [4.69, 9.17) is 5.73 Å². The third kappa shape index (κ3) is 3.11. The minimum Gasteiger partial charge on any atom is -0.507 e. The zero-order chi connectivity index (χ0) is 14.7. The van der Waals surface area contributed by atoms with Crippen LogP contribution in [0, 0.1) is 6.92 Å². The van der Waals surface area contributed by atoms with Gasteiger partial charge in [-0.3, -0.25) is 4.79 Å². The number of nitrogens with two attached hydrogens (primary N) is 1. The largest absolute Gasteiger partial charge is 0.507 e. The molecule has 0 aliphatic heterocycles. The number of rotatable bonds is 3. The van der Waals surface area contributed by atoms with Crippen molar-refractivity contribution in [2.24, 2.45) is 0 Å². The number of hydrogen-bond acceptors (Lipinski definition) is 3. The maximum absolute atomic E-state index is 12.0. The van der Waals surface area contributed by atoms with Gasteiger partial charge >= 0.3 is 0 Å². The molecule has 2 rings (SSSR count). The smallest absolute Gasteiger partial charge is 0.255 e. The third-order valence-corrected chi connectivity index (χ3v) is 3.62. The van der Waals surface area contributed by atoms with E-state index in [1.54, 1.807) is 12.1 Å². The van der Waals surface area contributed by atoms with Crippen molar-refractivity contribution >= 4 is 27.5 Å². The Bertz CT molecular complexity index is 656. The van der Waals surface area contributed by atoms with Gasteiger partial charge in [0.25, 0.3) is 5.91 Å². The Balaban J connectivity index is 2.11. The van der Waals surface area contributed by atoms with E-state index in [9.17, 15) is 9.90 Å². The molecule has 104 valence electrons. The van der Waals surface area contributed by atoms with Crippen molar-refractivity contribution < 1.29 is 9.90 Å². The van der Waals surface area contributed by atoms with E-state index in [1.807, 2.05) is 25.1 Å². The molecule has 0 aromatic heterocycles. The van der Waals surface area contributed by atoms with Gasteiger partial charge in [0, 0.05) is 16.7 Å². The number of halogens is 1. The van der Waals surface area contributed by atoms with E-state index in [0.717, 1.165) is 15.6 Å². The quantitative estimate of drug-likeness (QED) is 0.755. The Hall–Kier alpha value is -2.01. The number of benzene rings is 2. The van der Waals surface area contributed by atoms with Gasteiger partial charge < -0.3 is 16.2 Å². The van der Waals surface area contributed by atoms with Crippen molar-refractivity contribution in [3.8, 4) is 5.75 Å². The van der Waals surface area contributed by atoms with Crippen LogP contribution in [0.4, 0.5) is 5.69 Å². The molecule has 0 heterocycles. The fraction of sp³-hybridized carbons (Fsp3) is 0.133. The van der Waals surface area contributed by atoms with Gasteiger partial charge in [0.05, 0.1) is 5.56 Å². The number of phenols is 1. The van der Waals surface area contributed by atoms with E-state index < -0.39 is 0 Å². The topological polar surface area (TPSA) is 75.3 Å². The van der Waals surface area contributed by atoms with Crippen LogP contribution in [0.2, 0.25) is 0 Å². The molecule has 5 heteroatoms. The van der Waals surface area contributed by atoms with Gasteiger partial charge in [-0.1, -0.05) is 28.1 Å². The Kier molecular flexibility index (Phi) is 4.29. The first-order valence-electron chi connectivity index (χ1n) is 6.09. The SMILES string of the molecule is Cc1c(N)cccc1CNC(=O)c1ccc(Br)cc1O. The van der Waals surface area contributed by atoms with Crippen molar-refractivity contribution in [2.45, 2.75) is 13.5 Å². The highest BCUT2D eigenvalue weighted by molar-refractivity contribution is 9.10. The summed E-state index contributed by atoms with van der Waals surface area (Å²) in [7, 11) is 0. The first-order valence-corrected chi connectivity index (χ1v) is 6.89. The van der Waals surface area contributed by atoms with Crippen molar-refractivity contribution in [1.82, 2.24) is 5.32 Å². The molecule has 1 amide bonds. The summed E-state index contributed by atoms with van der Waals surface area (Å²) < 4.78 is 0.721. The van der Waals surface area contributed by atoms with Crippen LogP contribution in [-0.2, 0) is 6.54 Å². The summed E-state index contributed by atoms with van der Waals surface area (Å²) in [5.74, 6) is -0.377. The number of phenolic OH excluding ortho intramolecular Hbond substituents is 1. The van der Waals surface area contributed by atoms with Crippen LogP contribution in [-0.4, -0.2) is 11.0 Å². The van der Waals surface area contributed by atoms with Crippen LogP contribution in [0.5, 0.6) is 5.75 Å². The molecule has 0 bridgehead atoms. The zero-order valence-corrected chi connectivity index (χ0v) is 12.6. The van der Waals surface area contributed by atoms with E-state index in [0.29, 0.717) is 12.2 Å². The molecule has 4 N–H and O–H groups in total. The van der Waals surface area contributed by atoms with Crippen molar-refractivity contribution in [3.05, 3.63) is 57.6 Å². The molecule has 0 saturated carbocycles. The highest BCUT2D eigenvalue weighted by atomic mass is 79.9. The van der Waals surface area contributed by atoms with E-state index >= 15 is 0 Å². The van der Waals surface area contributed by atoms with Gasteiger partial charge in [0.15, 0.2) is 0 Å². The molecule has 2 aromatic rings. The average Bonchev–Trinajstić information content (AvgIpc) is 2.40. The second-order valence-electron chi connectivity index (χ2n) is 4.48. The number of nitrogen functional groups attached to an aromatic ring is 1. The second kappa shape index (κ2) is 5.96. The maximum atomic E-state index is 12.0. The van der Waals surface area contributed by atoms with Crippen molar-refractivity contribution in [3.63, 3.8) is 0 Å². The first-order chi connectivity index (χ1) is 9.49. The lowest BCUT2D eigenvalue weighted by molar-refractivity contribution is 0.0948. The standard InChI is InChI=1S/C15H15BrN2O2/c1-9-10(3-2-4-13(9)17)8-18-15(20)12-6-5-11(16)7-14(12)19/h2-7,19H,8,17H2,1H3,(H,18,20). The van der Waals surface area contributed by atoms with Gasteiger partial charge in [-0.05, 0) is 42.3 Å². The number of anilines is 1. The van der Waals surface area contributed by atoms with Crippen molar-refractivity contribution in [1.29, 1.82) is 0 Å². The fourth-order valence-electron chi connectivity index (χ4n) is 1.86. The molecule has 0 atom stereocenters. The molecule has 0 aliphatic carbocycles. The normalized spacial score (nSPS) is 10.3. The van der Waals surface area contributed by atoms with Crippen molar-refractivity contribution in [2.75, 3.05) is 5.73 Å². The minimum atomic E-state index is -0.322. The summed E-state index contributed by atoms with van der Waals surface area (Å²) in [6.07, 6.45) is 0. The zero-order valence-electron chi connectivity index (χ0n) is 11.0. The second-order valence-corrected chi connectivity index (χ2v) is 5.39. The molecular weight excluding hydrogens is 320 g/mol. The van der Waals surface area contributed by atoms with Crippen LogP contribution >= 0.6 is 15.9 Å². The average molecular weight is 335 g/mol. The molecule has 0 aliphatic rings. The number of amides is 1.